The maximum Gasteiger partial charge on any atom is 0.340 e. The molecule has 0 spiro atoms. The second kappa shape index (κ2) is 8.06. The lowest BCUT2D eigenvalue weighted by atomic mass is 10.1. The number of hydrogen-bond acceptors (Lipinski definition) is 7. The zero-order valence-electron chi connectivity index (χ0n) is 17.6. The number of amides is 1. The Hall–Kier alpha value is -2.94. The Kier molecular flexibility index (Phi) is 5.46. The molecule has 0 aromatic carbocycles. The van der Waals surface area contributed by atoms with E-state index in [1.165, 1.54) is 0 Å². The number of rotatable bonds is 4. The Balaban J connectivity index is 1.49. The molecular formula is C21H25N5O3S. The van der Waals surface area contributed by atoms with E-state index in [2.05, 4.69) is 19.9 Å². The summed E-state index contributed by atoms with van der Waals surface area (Å²) in [6.45, 7) is 9.74. The van der Waals surface area contributed by atoms with Crippen molar-refractivity contribution in [1.82, 2.24) is 19.9 Å². The summed E-state index contributed by atoms with van der Waals surface area (Å²) >= 11 is 1.60. The van der Waals surface area contributed by atoms with Crippen LogP contribution in [0.5, 0.6) is 0 Å². The fourth-order valence-corrected chi connectivity index (χ4v) is 4.58. The third kappa shape index (κ3) is 3.65. The molecule has 0 radical (unpaired) electrons. The van der Waals surface area contributed by atoms with Gasteiger partial charge in [0.25, 0.3) is 5.91 Å². The van der Waals surface area contributed by atoms with Crippen LogP contribution in [0.4, 0.5) is 5.82 Å². The van der Waals surface area contributed by atoms with Gasteiger partial charge in [0.2, 0.25) is 0 Å². The van der Waals surface area contributed by atoms with Crippen LogP contribution in [0.25, 0.3) is 10.2 Å². The third-order valence-corrected chi connectivity index (χ3v) is 6.13. The minimum Gasteiger partial charge on any atom is -0.459 e. The van der Waals surface area contributed by atoms with E-state index in [4.69, 9.17) is 4.74 Å². The number of aryl methyl sites for hydroxylation is 1. The van der Waals surface area contributed by atoms with Crippen molar-refractivity contribution in [2.45, 2.75) is 33.8 Å². The van der Waals surface area contributed by atoms with Crippen LogP contribution in [0.3, 0.4) is 0 Å². The average Bonchev–Trinajstić information content (AvgIpc) is 3.31. The Labute approximate surface area is 178 Å². The lowest BCUT2D eigenvalue weighted by Crippen LogP contribution is -2.49. The molecule has 0 unspecified atom stereocenters. The Morgan fingerprint density at radius 3 is 2.60 bits per heavy atom. The van der Waals surface area contributed by atoms with Crippen molar-refractivity contribution in [3.63, 3.8) is 0 Å². The molecule has 0 atom stereocenters. The number of carbonyl (C=O) groups is 2. The van der Waals surface area contributed by atoms with Crippen molar-refractivity contribution in [2.75, 3.05) is 31.1 Å². The van der Waals surface area contributed by atoms with Crippen LogP contribution < -0.4 is 4.90 Å². The van der Waals surface area contributed by atoms with Crippen LogP contribution in [0.1, 0.15) is 46.0 Å². The molecule has 8 nitrogen and oxygen atoms in total. The zero-order valence-corrected chi connectivity index (χ0v) is 18.4. The van der Waals surface area contributed by atoms with Gasteiger partial charge in [-0.25, -0.2) is 14.8 Å². The molecule has 30 heavy (non-hydrogen) atoms. The number of aromatic nitrogens is 3. The Morgan fingerprint density at radius 2 is 1.90 bits per heavy atom. The number of H-pyrrole nitrogens is 1. The monoisotopic (exact) mass is 427 g/mol. The lowest BCUT2D eigenvalue weighted by molar-refractivity contribution is 0.0376. The quantitative estimate of drug-likeness (QED) is 0.643. The fourth-order valence-electron chi connectivity index (χ4n) is 3.85. The van der Waals surface area contributed by atoms with Gasteiger partial charge in [0, 0.05) is 31.9 Å². The van der Waals surface area contributed by atoms with Crippen molar-refractivity contribution in [3.05, 3.63) is 40.3 Å². The average molecular weight is 428 g/mol. The fraction of sp³-hybridized carbons (Fsp3) is 0.429. The highest BCUT2D eigenvalue weighted by molar-refractivity contribution is 7.16. The van der Waals surface area contributed by atoms with Crippen molar-refractivity contribution in [1.29, 1.82) is 0 Å². The molecule has 1 saturated heterocycles. The molecule has 1 fully saturated rings. The molecule has 158 valence electrons. The van der Waals surface area contributed by atoms with Gasteiger partial charge in [-0.2, -0.15) is 0 Å². The summed E-state index contributed by atoms with van der Waals surface area (Å²) in [5, 5.41) is 3.06. The standard InChI is InChI=1S/C21H25N5O3S/c1-12(2)29-21(28)16-13(3)17(24-14(16)4)20(27)26-8-6-25(7-9-26)18-15-5-10-30-19(15)23-11-22-18/h5,10-12,24H,6-9H2,1-4H3. The maximum atomic E-state index is 13.1. The largest absolute Gasteiger partial charge is 0.459 e. The molecule has 4 heterocycles. The van der Waals surface area contributed by atoms with E-state index < -0.39 is 5.97 Å². The molecule has 3 aromatic heterocycles. The van der Waals surface area contributed by atoms with Crippen LogP contribution in [0.15, 0.2) is 17.8 Å². The van der Waals surface area contributed by atoms with Crippen LogP contribution in [-0.4, -0.2) is 64.0 Å². The highest BCUT2D eigenvalue weighted by Crippen LogP contribution is 2.28. The molecule has 0 saturated carbocycles. The number of carbonyl (C=O) groups excluding carboxylic acids is 2. The van der Waals surface area contributed by atoms with Gasteiger partial charge in [0.1, 0.15) is 22.7 Å². The summed E-state index contributed by atoms with van der Waals surface area (Å²) in [6, 6.07) is 2.04. The van der Waals surface area contributed by atoms with Crippen molar-refractivity contribution >= 4 is 39.2 Å². The number of piperazine rings is 1. The number of aromatic amines is 1. The van der Waals surface area contributed by atoms with E-state index in [1.807, 2.05) is 30.2 Å². The number of fused-ring (bicyclic) bond motifs is 1. The van der Waals surface area contributed by atoms with Gasteiger partial charge >= 0.3 is 5.97 Å². The number of ether oxygens (including phenoxy) is 1. The molecular weight excluding hydrogens is 402 g/mol. The number of hydrogen-bond donors (Lipinski definition) is 1. The minimum absolute atomic E-state index is 0.0952. The highest BCUT2D eigenvalue weighted by atomic mass is 32.1. The van der Waals surface area contributed by atoms with E-state index in [9.17, 15) is 9.59 Å². The lowest BCUT2D eigenvalue weighted by Gasteiger charge is -2.35. The summed E-state index contributed by atoms with van der Waals surface area (Å²) < 4.78 is 5.33. The van der Waals surface area contributed by atoms with Crippen molar-refractivity contribution in [3.8, 4) is 0 Å². The highest BCUT2D eigenvalue weighted by Gasteiger charge is 2.29. The van der Waals surface area contributed by atoms with E-state index in [0.717, 1.165) is 16.0 Å². The first-order valence-corrected chi connectivity index (χ1v) is 10.9. The van der Waals surface area contributed by atoms with E-state index in [1.54, 1.807) is 31.5 Å². The van der Waals surface area contributed by atoms with Gasteiger partial charge in [0.05, 0.1) is 17.1 Å². The van der Waals surface area contributed by atoms with Gasteiger partial charge < -0.3 is 19.5 Å². The minimum atomic E-state index is -0.399. The van der Waals surface area contributed by atoms with E-state index in [0.29, 0.717) is 48.7 Å². The number of anilines is 1. The number of nitrogens with zero attached hydrogens (tertiary/aromatic N) is 4. The molecule has 0 bridgehead atoms. The van der Waals surface area contributed by atoms with E-state index >= 15 is 0 Å². The van der Waals surface area contributed by atoms with Crippen LogP contribution in [0, 0.1) is 13.8 Å². The molecule has 1 aliphatic heterocycles. The summed E-state index contributed by atoms with van der Waals surface area (Å²) in [5.41, 5.74) is 2.20. The Morgan fingerprint density at radius 1 is 1.17 bits per heavy atom. The second-order valence-corrected chi connectivity index (χ2v) is 8.59. The molecule has 1 amide bonds. The van der Waals surface area contributed by atoms with Gasteiger partial charge in [-0.3, -0.25) is 4.79 Å². The number of nitrogens with one attached hydrogen (secondary N) is 1. The predicted molar refractivity (Wildman–Crippen MR) is 116 cm³/mol. The smallest absolute Gasteiger partial charge is 0.340 e. The Bertz CT molecular complexity index is 1100. The third-order valence-electron chi connectivity index (χ3n) is 5.31. The molecule has 0 aliphatic carbocycles. The van der Waals surface area contributed by atoms with Gasteiger partial charge in [-0.15, -0.1) is 11.3 Å². The predicted octanol–water partition coefficient (Wildman–Crippen LogP) is 3.16. The first kappa shape index (κ1) is 20.3. The second-order valence-electron chi connectivity index (χ2n) is 7.70. The van der Waals surface area contributed by atoms with Crippen LogP contribution in [0.2, 0.25) is 0 Å². The zero-order chi connectivity index (χ0) is 21.4. The number of esters is 1. The summed E-state index contributed by atoms with van der Waals surface area (Å²) in [7, 11) is 0. The maximum absolute atomic E-state index is 13.1. The first-order chi connectivity index (χ1) is 14.4. The molecule has 4 rings (SSSR count). The van der Waals surface area contributed by atoms with Gasteiger partial charge in [0.15, 0.2) is 0 Å². The SMILES string of the molecule is Cc1[nH]c(C(=O)N2CCN(c3ncnc4sccc34)CC2)c(C)c1C(=O)OC(C)C. The van der Waals surface area contributed by atoms with Crippen LogP contribution in [-0.2, 0) is 4.74 Å². The van der Waals surface area contributed by atoms with Crippen molar-refractivity contribution in [2.24, 2.45) is 0 Å². The van der Waals surface area contributed by atoms with Crippen LogP contribution >= 0.6 is 11.3 Å². The summed E-state index contributed by atoms with van der Waals surface area (Å²) in [5.74, 6) is 0.421. The summed E-state index contributed by atoms with van der Waals surface area (Å²) in [4.78, 5) is 42.4. The molecule has 3 aromatic rings. The topological polar surface area (TPSA) is 91.4 Å². The van der Waals surface area contributed by atoms with Gasteiger partial charge in [-0.1, -0.05) is 0 Å². The normalized spacial score (nSPS) is 14.6. The summed E-state index contributed by atoms with van der Waals surface area (Å²) in [6.07, 6.45) is 1.38. The van der Waals surface area contributed by atoms with Gasteiger partial charge in [-0.05, 0) is 44.7 Å². The van der Waals surface area contributed by atoms with E-state index in [-0.39, 0.29) is 12.0 Å². The molecule has 9 heteroatoms. The molecule has 1 aliphatic rings. The molecule has 1 N–H and O–H groups in total. The number of thiophene rings is 1. The van der Waals surface area contributed by atoms with Crippen molar-refractivity contribution < 1.29 is 14.3 Å². The first-order valence-electron chi connectivity index (χ1n) is 9.99.